The van der Waals surface area contributed by atoms with Crippen molar-refractivity contribution in [3.8, 4) is 22.8 Å². The summed E-state index contributed by atoms with van der Waals surface area (Å²) in [7, 11) is 0. The van der Waals surface area contributed by atoms with Crippen molar-refractivity contribution in [1.29, 1.82) is 0 Å². The Kier molecular flexibility index (Phi) is 7.39. The maximum absolute atomic E-state index is 11.8. The van der Waals surface area contributed by atoms with Crippen LogP contribution in [0.3, 0.4) is 0 Å². The van der Waals surface area contributed by atoms with Gasteiger partial charge in [0.05, 0.1) is 40.5 Å². The van der Waals surface area contributed by atoms with Crippen LogP contribution in [0.5, 0.6) is 0 Å². The van der Waals surface area contributed by atoms with Gasteiger partial charge in [-0.15, -0.1) is 5.10 Å². The highest BCUT2D eigenvalue weighted by molar-refractivity contribution is 6.30. The number of halogens is 1. The van der Waals surface area contributed by atoms with E-state index in [1.165, 1.54) is 25.7 Å². The lowest BCUT2D eigenvalue weighted by Gasteiger charge is -2.39. The molecule has 40 heavy (non-hydrogen) atoms. The van der Waals surface area contributed by atoms with Crippen LogP contribution in [0.25, 0.3) is 33.9 Å². The van der Waals surface area contributed by atoms with E-state index in [9.17, 15) is 4.79 Å². The zero-order valence-electron chi connectivity index (χ0n) is 22.0. The van der Waals surface area contributed by atoms with Gasteiger partial charge in [0.2, 0.25) is 5.95 Å². The van der Waals surface area contributed by atoms with Gasteiger partial charge in [-0.25, -0.2) is 19.9 Å². The minimum atomic E-state index is -0.629. The first-order valence-electron chi connectivity index (χ1n) is 14.0. The summed E-state index contributed by atoms with van der Waals surface area (Å²) >= 11 is 6.39. The first-order chi connectivity index (χ1) is 19.0. The van der Waals surface area contributed by atoms with Gasteiger partial charge in [0.1, 0.15) is 5.69 Å². The van der Waals surface area contributed by atoms with Crippen LogP contribution in [0.4, 0.5) is 5.95 Å². The normalized spacial score (nSPS) is 24.7. The van der Waals surface area contributed by atoms with E-state index in [-0.39, 0.29) is 19.4 Å². The Morgan fingerprint density at radius 2 is 1.95 bits per heavy atom. The molecule has 1 saturated heterocycles. The highest BCUT2D eigenvalue weighted by Crippen LogP contribution is 2.40. The summed E-state index contributed by atoms with van der Waals surface area (Å²) in [6, 6.07) is 4.04. The number of aromatic amines is 1. The number of morpholine rings is 1. The number of fused-ring (bicyclic) bond motifs is 2. The van der Waals surface area contributed by atoms with Crippen LogP contribution in [0, 0.1) is 11.8 Å². The molecule has 1 aliphatic heterocycles. The third-order valence-electron chi connectivity index (χ3n) is 8.66. The van der Waals surface area contributed by atoms with Gasteiger partial charge in [-0.2, -0.15) is 0 Å². The Morgan fingerprint density at radius 3 is 2.73 bits per heavy atom. The number of H-pyrrole nitrogens is 1. The second-order valence-electron chi connectivity index (χ2n) is 11.3. The van der Waals surface area contributed by atoms with Crippen molar-refractivity contribution in [3.05, 3.63) is 40.1 Å². The average molecular weight is 566 g/mol. The van der Waals surface area contributed by atoms with Crippen molar-refractivity contribution in [1.82, 2.24) is 29.7 Å². The summed E-state index contributed by atoms with van der Waals surface area (Å²) in [5.74, 6) is 1.79. The van der Waals surface area contributed by atoms with Crippen molar-refractivity contribution in [2.24, 2.45) is 11.8 Å². The minimum Gasteiger partial charge on any atom is -0.386 e. The molecule has 0 spiro atoms. The zero-order chi connectivity index (χ0) is 26.5. The van der Waals surface area contributed by atoms with Crippen LogP contribution < -0.4 is 10.7 Å². The molecule has 3 aliphatic rings. The molecule has 10 nitrogen and oxygen atoms in total. The second kappa shape index (κ2) is 11.0. The van der Waals surface area contributed by atoms with Crippen LogP contribution in [0.15, 0.2) is 33.7 Å². The second-order valence-corrected chi connectivity index (χ2v) is 11.7. The molecule has 7 rings (SSSR count). The number of anilines is 1. The number of ether oxygens (including phenoxy) is 1. The molecular formula is C29H36ClN7O3. The summed E-state index contributed by atoms with van der Waals surface area (Å²) in [6.07, 6.45) is 11.9. The molecule has 3 fully saturated rings. The number of pyridine rings is 2. The Labute approximate surface area is 238 Å². The topological polar surface area (TPSA) is 115 Å². The predicted molar refractivity (Wildman–Crippen MR) is 154 cm³/mol. The van der Waals surface area contributed by atoms with E-state index < -0.39 is 5.76 Å². The van der Waals surface area contributed by atoms with Crippen LogP contribution in [0.2, 0.25) is 5.02 Å². The number of hydrogen-bond acceptors (Lipinski definition) is 8. The number of nitrogens with one attached hydrogen (secondary N) is 1. The van der Waals surface area contributed by atoms with Gasteiger partial charge in [-0.1, -0.05) is 38.8 Å². The Balaban J connectivity index is 0.00000289. The van der Waals surface area contributed by atoms with E-state index in [2.05, 4.69) is 31.6 Å². The zero-order valence-corrected chi connectivity index (χ0v) is 22.7. The molecule has 2 saturated carbocycles. The van der Waals surface area contributed by atoms with E-state index >= 15 is 0 Å². The van der Waals surface area contributed by atoms with Crippen LogP contribution in [0.1, 0.15) is 59.3 Å². The molecule has 11 heteroatoms. The fourth-order valence-electron chi connectivity index (χ4n) is 6.67. The predicted octanol–water partition coefficient (Wildman–Crippen LogP) is 5.71. The number of aromatic nitrogens is 6. The monoisotopic (exact) mass is 565 g/mol. The van der Waals surface area contributed by atoms with E-state index in [1.54, 1.807) is 12.4 Å². The van der Waals surface area contributed by atoms with Crippen molar-refractivity contribution < 1.29 is 9.15 Å². The van der Waals surface area contributed by atoms with Gasteiger partial charge in [0, 0.05) is 31.0 Å². The molecule has 0 amide bonds. The molecular weight excluding hydrogens is 530 g/mol. The fourth-order valence-corrected chi connectivity index (χ4v) is 6.85. The van der Waals surface area contributed by atoms with Crippen molar-refractivity contribution >= 4 is 28.6 Å². The molecule has 4 aromatic heterocycles. The van der Waals surface area contributed by atoms with E-state index in [1.807, 2.05) is 12.1 Å². The number of nitrogens with zero attached hydrogens (tertiary/aromatic N) is 6. The van der Waals surface area contributed by atoms with Gasteiger partial charge >= 0.3 is 5.76 Å². The quantitative estimate of drug-likeness (QED) is 0.327. The number of rotatable bonds is 5. The molecule has 0 radical (unpaired) electrons. The molecule has 1 N–H and O–H groups in total. The summed E-state index contributed by atoms with van der Waals surface area (Å²) in [5.41, 5.74) is 3.62. The fraction of sp³-hybridized carbons (Fsp3) is 0.552. The summed E-state index contributed by atoms with van der Waals surface area (Å²) in [4.78, 5) is 28.8. The molecule has 212 valence electrons. The van der Waals surface area contributed by atoms with Gasteiger partial charge in [-0.05, 0) is 56.1 Å². The maximum atomic E-state index is 11.8. The smallest absolute Gasteiger partial charge is 0.386 e. The van der Waals surface area contributed by atoms with Crippen molar-refractivity contribution in [2.45, 2.75) is 78.0 Å². The molecule has 0 bridgehead atoms. The van der Waals surface area contributed by atoms with Gasteiger partial charge in [0.25, 0.3) is 5.89 Å². The first kappa shape index (κ1) is 27.0. The SMILES string of the molecule is C.CC1CCC(Cn2c(N3CCO[C@@H]4CCC[C@H]43)nc3cc(-c4n[nH]c(=O)o4)nc(-c4cncc(Cl)c4)c32)CC1. The summed E-state index contributed by atoms with van der Waals surface area (Å²) in [6.45, 7) is 4.71. The maximum Gasteiger partial charge on any atom is 0.434 e. The standard InChI is InChI=1S/C28H32ClN7O3.CH4/c1-16-5-7-17(8-6-16)15-36-25-20(32-27(36)35-9-10-38-23-4-2-3-22(23)35)12-21(26-33-34-28(37)39-26)31-24(25)18-11-19(29)14-30-13-18;/h11-14,16-17,22-23H,2-10,15H2,1H3,(H,34,37);1H4/t16?,17?,22-,23-;/m1./s1. The number of imidazole rings is 1. The highest BCUT2D eigenvalue weighted by atomic mass is 35.5. The highest BCUT2D eigenvalue weighted by Gasteiger charge is 2.39. The van der Waals surface area contributed by atoms with E-state index in [0.717, 1.165) is 60.8 Å². The molecule has 0 aromatic carbocycles. The lowest BCUT2D eigenvalue weighted by Crippen LogP contribution is -2.49. The molecule has 5 heterocycles. The van der Waals surface area contributed by atoms with E-state index in [0.29, 0.717) is 35.0 Å². The summed E-state index contributed by atoms with van der Waals surface area (Å²) < 4.78 is 13.8. The molecule has 2 atom stereocenters. The minimum absolute atomic E-state index is 0. The third kappa shape index (κ3) is 4.92. The molecule has 4 aromatic rings. The Morgan fingerprint density at radius 1 is 1.10 bits per heavy atom. The average Bonchev–Trinajstić information content (AvgIpc) is 3.68. The largest absolute Gasteiger partial charge is 0.434 e. The van der Waals surface area contributed by atoms with Crippen LogP contribution in [-0.4, -0.2) is 55.0 Å². The molecule has 2 aliphatic carbocycles. The lowest BCUT2D eigenvalue weighted by atomic mass is 9.83. The van der Waals surface area contributed by atoms with Crippen LogP contribution in [-0.2, 0) is 11.3 Å². The van der Waals surface area contributed by atoms with Crippen molar-refractivity contribution in [2.75, 3.05) is 18.1 Å². The Hall–Kier alpha value is -3.24. The lowest BCUT2D eigenvalue weighted by molar-refractivity contribution is 0.0247. The first-order valence-corrected chi connectivity index (χ1v) is 14.4. The summed E-state index contributed by atoms with van der Waals surface area (Å²) in [5, 5.41) is 6.90. The van der Waals surface area contributed by atoms with Gasteiger partial charge < -0.3 is 18.6 Å². The Bertz CT molecular complexity index is 1550. The van der Waals surface area contributed by atoms with Gasteiger partial charge in [-0.3, -0.25) is 4.98 Å². The van der Waals surface area contributed by atoms with E-state index in [4.69, 9.17) is 30.7 Å². The van der Waals surface area contributed by atoms with Crippen molar-refractivity contribution in [3.63, 3.8) is 0 Å². The molecule has 0 unspecified atom stereocenters. The van der Waals surface area contributed by atoms with Crippen LogP contribution >= 0.6 is 11.6 Å². The third-order valence-corrected chi connectivity index (χ3v) is 8.86. The van der Waals surface area contributed by atoms with Gasteiger partial charge in [0.15, 0.2) is 0 Å². The number of hydrogen-bond donors (Lipinski definition) is 1.